The van der Waals surface area contributed by atoms with E-state index >= 15 is 0 Å². The van der Waals surface area contributed by atoms with E-state index in [-0.39, 0.29) is 18.2 Å². The second-order valence-electron chi connectivity index (χ2n) is 13.1. The van der Waals surface area contributed by atoms with Gasteiger partial charge in [0.1, 0.15) is 15.9 Å². The molecule has 3 amide bonds. The number of hydrogen-bond donors (Lipinski definition) is 3. The Labute approximate surface area is 338 Å². The molecular weight excluding hydrogens is 759 g/mol. The minimum absolute atomic E-state index is 0.0861. The molecular formula is C45H39N3O5S3. The van der Waals surface area contributed by atoms with E-state index in [9.17, 15) is 19.2 Å². The third-order valence-electron chi connectivity index (χ3n) is 9.32. The SMILES string of the molecule is CCOC(=O)c1c(NC(=O)C(Sc2cccc(NC(=O)/C(=C/c3ccsc3)NC(=O)c3ccccc3)c2)c2ccccc2)sc2c1CCC(c1ccccc1)C2. The lowest BCUT2D eigenvalue weighted by molar-refractivity contribution is -0.116. The molecule has 8 nitrogen and oxygen atoms in total. The maximum absolute atomic E-state index is 14.4. The summed E-state index contributed by atoms with van der Waals surface area (Å²) in [7, 11) is 0. The Bertz CT molecular complexity index is 2340. The molecule has 2 heterocycles. The summed E-state index contributed by atoms with van der Waals surface area (Å²) in [4.78, 5) is 56.4. The van der Waals surface area contributed by atoms with Crippen molar-refractivity contribution in [2.24, 2.45) is 0 Å². The fraction of sp³-hybridized carbons (Fsp3) is 0.156. The molecule has 282 valence electrons. The van der Waals surface area contributed by atoms with Crippen molar-refractivity contribution in [3.05, 3.63) is 176 Å². The zero-order valence-electron chi connectivity index (χ0n) is 30.5. The van der Waals surface area contributed by atoms with Crippen molar-refractivity contribution in [2.75, 3.05) is 17.2 Å². The zero-order chi connectivity index (χ0) is 38.9. The van der Waals surface area contributed by atoms with Gasteiger partial charge in [0, 0.05) is 21.0 Å². The smallest absolute Gasteiger partial charge is 0.341 e. The number of rotatable bonds is 13. The topological polar surface area (TPSA) is 114 Å². The van der Waals surface area contributed by atoms with Gasteiger partial charge in [0.25, 0.3) is 11.8 Å². The maximum atomic E-state index is 14.4. The Balaban J connectivity index is 1.12. The molecule has 0 saturated heterocycles. The number of benzene rings is 4. The molecule has 3 N–H and O–H groups in total. The second-order valence-corrected chi connectivity index (χ2v) is 16.2. The number of anilines is 2. The summed E-state index contributed by atoms with van der Waals surface area (Å²) < 4.78 is 5.51. The summed E-state index contributed by atoms with van der Waals surface area (Å²) >= 11 is 4.27. The van der Waals surface area contributed by atoms with E-state index in [0.717, 1.165) is 39.3 Å². The molecule has 0 bridgehead atoms. The molecule has 11 heteroatoms. The summed E-state index contributed by atoms with van der Waals surface area (Å²) in [6, 6.07) is 37.7. The van der Waals surface area contributed by atoms with Crippen molar-refractivity contribution in [3.63, 3.8) is 0 Å². The molecule has 0 aliphatic heterocycles. The van der Waals surface area contributed by atoms with Crippen LogP contribution in [0.25, 0.3) is 6.08 Å². The van der Waals surface area contributed by atoms with E-state index in [2.05, 4.69) is 28.1 Å². The van der Waals surface area contributed by atoms with E-state index in [1.165, 1.54) is 40.0 Å². The summed E-state index contributed by atoms with van der Waals surface area (Å²) in [5.74, 6) is -1.30. The van der Waals surface area contributed by atoms with Crippen LogP contribution in [-0.2, 0) is 27.2 Å². The van der Waals surface area contributed by atoms with Gasteiger partial charge in [-0.05, 0) is 108 Å². The number of thioether (sulfide) groups is 1. The number of amides is 3. The first-order valence-corrected chi connectivity index (χ1v) is 20.9. The van der Waals surface area contributed by atoms with Crippen LogP contribution in [0.3, 0.4) is 0 Å². The molecule has 2 aromatic heterocycles. The predicted molar refractivity (Wildman–Crippen MR) is 226 cm³/mol. The highest BCUT2D eigenvalue weighted by atomic mass is 32.2. The first-order valence-electron chi connectivity index (χ1n) is 18.3. The lowest BCUT2D eigenvalue weighted by Crippen LogP contribution is -2.30. The van der Waals surface area contributed by atoms with Crippen molar-refractivity contribution in [1.82, 2.24) is 5.32 Å². The van der Waals surface area contributed by atoms with Gasteiger partial charge in [0.05, 0.1) is 12.2 Å². The number of thiophene rings is 2. The number of hydrogen-bond acceptors (Lipinski definition) is 8. The Kier molecular flexibility index (Phi) is 12.6. The minimum Gasteiger partial charge on any atom is -0.462 e. The van der Waals surface area contributed by atoms with Gasteiger partial charge in [0.2, 0.25) is 5.91 Å². The Morgan fingerprint density at radius 3 is 2.32 bits per heavy atom. The molecule has 2 atom stereocenters. The fourth-order valence-corrected chi connectivity index (χ4v) is 9.65. The molecule has 4 aromatic carbocycles. The van der Waals surface area contributed by atoms with Crippen LogP contribution < -0.4 is 16.0 Å². The molecule has 0 saturated carbocycles. The molecule has 56 heavy (non-hydrogen) atoms. The van der Waals surface area contributed by atoms with Gasteiger partial charge >= 0.3 is 5.97 Å². The zero-order valence-corrected chi connectivity index (χ0v) is 33.0. The number of carbonyl (C=O) groups excluding carboxylic acids is 4. The van der Waals surface area contributed by atoms with Crippen LogP contribution in [0, 0.1) is 0 Å². The van der Waals surface area contributed by atoms with Crippen LogP contribution in [0.5, 0.6) is 0 Å². The van der Waals surface area contributed by atoms with Crippen molar-refractivity contribution in [1.29, 1.82) is 0 Å². The maximum Gasteiger partial charge on any atom is 0.341 e. The van der Waals surface area contributed by atoms with E-state index in [0.29, 0.717) is 34.2 Å². The fourth-order valence-electron chi connectivity index (χ4n) is 6.63. The quantitative estimate of drug-likeness (QED) is 0.0609. The number of esters is 1. The molecule has 7 rings (SSSR count). The lowest BCUT2D eigenvalue weighted by Gasteiger charge is -2.23. The van der Waals surface area contributed by atoms with E-state index in [1.54, 1.807) is 55.5 Å². The van der Waals surface area contributed by atoms with Crippen LogP contribution in [0.15, 0.2) is 143 Å². The standard InChI is InChI=1S/C45H39N3O5S3/c1-2-53-45(52)39-36-22-21-33(30-13-6-3-7-14-30)26-38(36)56-44(39)48-43(51)40(31-15-8-4-9-16-31)55-35-20-12-19-34(27-35)46-42(50)37(25-29-23-24-54-28-29)47-41(49)32-17-10-5-11-18-32/h3-20,23-25,27-28,33,40H,2,21-22,26H2,1H3,(H,46,50)(H,47,49)(H,48,51)/b37-25-. The normalized spacial score (nSPS) is 14.2. The van der Waals surface area contributed by atoms with Crippen molar-refractivity contribution in [3.8, 4) is 0 Å². The number of carbonyl (C=O) groups is 4. The molecule has 0 radical (unpaired) electrons. The largest absolute Gasteiger partial charge is 0.462 e. The summed E-state index contributed by atoms with van der Waals surface area (Å²) in [5, 5.41) is 12.4. The molecule has 0 spiro atoms. The molecule has 1 aliphatic rings. The third kappa shape index (κ3) is 9.36. The molecule has 0 fully saturated rings. The van der Waals surface area contributed by atoms with Gasteiger partial charge in [-0.15, -0.1) is 23.1 Å². The van der Waals surface area contributed by atoms with Gasteiger partial charge in [-0.2, -0.15) is 11.3 Å². The van der Waals surface area contributed by atoms with Gasteiger partial charge < -0.3 is 20.7 Å². The van der Waals surface area contributed by atoms with Crippen LogP contribution >= 0.6 is 34.4 Å². The van der Waals surface area contributed by atoms with Crippen LogP contribution in [0.1, 0.15) is 72.4 Å². The average molecular weight is 798 g/mol. The summed E-state index contributed by atoms with van der Waals surface area (Å²) in [5.41, 5.74) is 5.22. The van der Waals surface area contributed by atoms with Crippen molar-refractivity contribution >= 4 is 74.9 Å². The molecule has 2 unspecified atom stereocenters. The van der Waals surface area contributed by atoms with E-state index in [1.807, 2.05) is 77.5 Å². The first-order chi connectivity index (χ1) is 27.4. The Morgan fingerprint density at radius 2 is 1.61 bits per heavy atom. The molecule has 6 aromatic rings. The highest BCUT2D eigenvalue weighted by Crippen LogP contribution is 2.44. The van der Waals surface area contributed by atoms with Crippen molar-refractivity contribution < 1.29 is 23.9 Å². The number of ether oxygens (including phenoxy) is 1. The first kappa shape index (κ1) is 38.5. The van der Waals surface area contributed by atoms with E-state index < -0.39 is 23.0 Å². The third-order valence-corrected chi connectivity index (χ3v) is 12.4. The Hall–Kier alpha value is -5.75. The minimum atomic E-state index is -0.701. The second kappa shape index (κ2) is 18.3. The van der Waals surface area contributed by atoms with Crippen LogP contribution in [-0.4, -0.2) is 30.3 Å². The summed E-state index contributed by atoms with van der Waals surface area (Å²) in [6.45, 7) is 2.00. The van der Waals surface area contributed by atoms with Gasteiger partial charge in [0.15, 0.2) is 0 Å². The number of fused-ring (bicyclic) bond motifs is 1. The van der Waals surface area contributed by atoms with Gasteiger partial charge in [-0.3, -0.25) is 14.4 Å². The van der Waals surface area contributed by atoms with Crippen LogP contribution in [0.2, 0.25) is 0 Å². The lowest BCUT2D eigenvalue weighted by atomic mass is 9.83. The van der Waals surface area contributed by atoms with Gasteiger partial charge in [-0.25, -0.2) is 4.79 Å². The summed E-state index contributed by atoms with van der Waals surface area (Å²) in [6.07, 6.45) is 4.02. The van der Waals surface area contributed by atoms with E-state index in [4.69, 9.17) is 4.74 Å². The predicted octanol–water partition coefficient (Wildman–Crippen LogP) is 10.1. The highest BCUT2D eigenvalue weighted by molar-refractivity contribution is 8.00. The van der Waals surface area contributed by atoms with Crippen LogP contribution in [0.4, 0.5) is 10.7 Å². The highest BCUT2D eigenvalue weighted by Gasteiger charge is 2.32. The van der Waals surface area contributed by atoms with Gasteiger partial charge in [-0.1, -0.05) is 84.9 Å². The molecule has 1 aliphatic carbocycles. The monoisotopic (exact) mass is 797 g/mol. The number of nitrogens with one attached hydrogen (secondary N) is 3. The van der Waals surface area contributed by atoms with Crippen molar-refractivity contribution in [2.45, 2.75) is 42.2 Å². The average Bonchev–Trinajstić information content (AvgIpc) is 3.88. The Morgan fingerprint density at radius 1 is 0.875 bits per heavy atom.